The van der Waals surface area contributed by atoms with Gasteiger partial charge in [0.05, 0.1) is 16.1 Å². The van der Waals surface area contributed by atoms with E-state index in [1.807, 2.05) is 6.92 Å². The summed E-state index contributed by atoms with van der Waals surface area (Å²) in [4.78, 5) is 10.8. The molecule has 0 aromatic heterocycles. The SMILES string of the molecule is Cc1ccc(S(=O)(=O)O/N=C2/C(=C\c3ccccc3[N+](=O)[O-])Oc3ccccc32)cc1. The Morgan fingerprint density at radius 2 is 1.68 bits per heavy atom. The smallest absolute Gasteiger partial charge is 0.358 e. The molecule has 0 aliphatic carbocycles. The van der Waals surface area contributed by atoms with Crippen molar-refractivity contribution in [3.8, 4) is 5.75 Å². The molecule has 0 amide bonds. The number of ether oxygens (including phenoxy) is 1. The lowest BCUT2D eigenvalue weighted by Crippen LogP contribution is -2.07. The molecule has 3 aromatic rings. The van der Waals surface area contributed by atoms with Crippen molar-refractivity contribution in [2.24, 2.45) is 5.16 Å². The molecular formula is C22H16N2O6S. The molecule has 0 unspecified atom stereocenters. The average Bonchev–Trinajstić information content (AvgIpc) is 3.10. The van der Waals surface area contributed by atoms with Crippen LogP contribution in [0.25, 0.3) is 6.08 Å². The lowest BCUT2D eigenvalue weighted by molar-refractivity contribution is -0.385. The van der Waals surface area contributed by atoms with Crippen LogP contribution in [0, 0.1) is 17.0 Å². The molecule has 4 rings (SSSR count). The summed E-state index contributed by atoms with van der Waals surface area (Å²) >= 11 is 0. The number of fused-ring (bicyclic) bond motifs is 1. The summed E-state index contributed by atoms with van der Waals surface area (Å²) in [5, 5.41) is 15.2. The van der Waals surface area contributed by atoms with Gasteiger partial charge in [0.25, 0.3) is 5.69 Å². The number of oxime groups is 1. The Morgan fingerprint density at radius 3 is 2.42 bits per heavy atom. The fraction of sp³-hybridized carbons (Fsp3) is 0.0455. The summed E-state index contributed by atoms with van der Waals surface area (Å²) in [6, 6.07) is 19.1. The van der Waals surface area contributed by atoms with Crippen LogP contribution in [0.3, 0.4) is 0 Å². The molecule has 0 N–H and O–H groups in total. The standard InChI is InChI=1S/C22H16N2O6S/c1-15-10-12-17(13-11-15)31(27,28)30-23-22-18-7-3-5-9-20(18)29-21(22)14-16-6-2-4-8-19(16)24(25)26/h2-14H,1H3/b21-14+,23-22+. The van der Waals surface area contributed by atoms with Crippen molar-refractivity contribution in [2.45, 2.75) is 11.8 Å². The summed E-state index contributed by atoms with van der Waals surface area (Å²) < 4.78 is 35.8. The maximum Gasteiger partial charge on any atom is 0.358 e. The normalized spacial score (nSPS) is 15.5. The third-order valence-electron chi connectivity index (χ3n) is 4.55. The van der Waals surface area contributed by atoms with Crippen LogP contribution in [0.5, 0.6) is 5.75 Å². The molecule has 0 saturated carbocycles. The zero-order valence-corrected chi connectivity index (χ0v) is 17.1. The lowest BCUT2D eigenvalue weighted by atomic mass is 10.1. The first-order chi connectivity index (χ1) is 14.8. The minimum absolute atomic E-state index is 0.0427. The topological polar surface area (TPSA) is 108 Å². The van der Waals surface area contributed by atoms with Crippen LogP contribution in [0.15, 0.2) is 88.6 Å². The minimum atomic E-state index is -4.16. The second-order valence-electron chi connectivity index (χ2n) is 6.70. The average molecular weight is 436 g/mol. The van der Waals surface area contributed by atoms with E-state index >= 15 is 0 Å². The van der Waals surface area contributed by atoms with Gasteiger partial charge in [-0.05, 0) is 43.3 Å². The van der Waals surface area contributed by atoms with E-state index in [0.29, 0.717) is 11.3 Å². The van der Waals surface area contributed by atoms with Gasteiger partial charge in [-0.3, -0.25) is 14.4 Å². The van der Waals surface area contributed by atoms with Crippen LogP contribution in [0.4, 0.5) is 5.69 Å². The molecule has 0 fully saturated rings. The first-order valence-corrected chi connectivity index (χ1v) is 10.6. The first kappa shape index (κ1) is 20.3. The monoisotopic (exact) mass is 436 g/mol. The van der Waals surface area contributed by atoms with Crippen LogP contribution < -0.4 is 4.74 Å². The Hall–Kier alpha value is -3.98. The van der Waals surface area contributed by atoms with Crippen molar-refractivity contribution in [1.82, 2.24) is 0 Å². The van der Waals surface area contributed by atoms with E-state index in [-0.39, 0.29) is 27.6 Å². The Morgan fingerprint density at radius 1 is 1.00 bits per heavy atom. The number of benzene rings is 3. The van der Waals surface area contributed by atoms with E-state index in [0.717, 1.165) is 5.56 Å². The molecule has 31 heavy (non-hydrogen) atoms. The number of hydrogen-bond acceptors (Lipinski definition) is 7. The van der Waals surface area contributed by atoms with Crippen LogP contribution >= 0.6 is 0 Å². The molecule has 0 radical (unpaired) electrons. The molecule has 0 bridgehead atoms. The Kier molecular flexibility index (Phi) is 5.26. The fourth-order valence-electron chi connectivity index (χ4n) is 2.99. The highest BCUT2D eigenvalue weighted by atomic mass is 32.2. The van der Waals surface area contributed by atoms with Gasteiger partial charge in [-0.25, -0.2) is 0 Å². The van der Waals surface area contributed by atoms with Gasteiger partial charge in [-0.15, -0.1) is 0 Å². The number of aryl methyl sites for hydroxylation is 1. The van der Waals surface area contributed by atoms with Crippen LogP contribution in [-0.4, -0.2) is 19.1 Å². The molecule has 3 aromatic carbocycles. The van der Waals surface area contributed by atoms with Gasteiger partial charge >= 0.3 is 10.1 Å². The van der Waals surface area contributed by atoms with E-state index in [1.54, 1.807) is 54.6 Å². The predicted molar refractivity (Wildman–Crippen MR) is 114 cm³/mol. The highest BCUT2D eigenvalue weighted by Crippen LogP contribution is 2.34. The molecule has 1 heterocycles. The molecule has 8 nitrogen and oxygen atoms in total. The summed E-state index contributed by atoms with van der Waals surface area (Å²) in [6.45, 7) is 1.84. The molecule has 156 valence electrons. The van der Waals surface area contributed by atoms with Gasteiger partial charge < -0.3 is 4.74 Å². The lowest BCUT2D eigenvalue weighted by Gasteiger charge is -2.04. The van der Waals surface area contributed by atoms with Gasteiger partial charge in [0.2, 0.25) is 0 Å². The first-order valence-electron chi connectivity index (χ1n) is 9.16. The second kappa shape index (κ2) is 8.04. The number of nitro benzene ring substituents is 1. The molecule has 0 saturated heterocycles. The molecule has 1 aliphatic rings. The van der Waals surface area contributed by atoms with Gasteiger partial charge in [0.1, 0.15) is 10.6 Å². The van der Waals surface area contributed by atoms with E-state index in [2.05, 4.69) is 5.16 Å². The summed E-state index contributed by atoms with van der Waals surface area (Å²) in [5.41, 5.74) is 1.68. The number of hydrogen-bond donors (Lipinski definition) is 0. The van der Waals surface area contributed by atoms with Gasteiger partial charge in [-0.2, -0.15) is 8.42 Å². The molecule has 9 heteroatoms. The van der Waals surface area contributed by atoms with Crippen LogP contribution in [-0.2, 0) is 14.4 Å². The van der Waals surface area contributed by atoms with Crippen molar-refractivity contribution >= 4 is 27.6 Å². The van der Waals surface area contributed by atoms with Crippen LogP contribution in [0.2, 0.25) is 0 Å². The van der Waals surface area contributed by atoms with Crippen LogP contribution in [0.1, 0.15) is 16.7 Å². The summed E-state index contributed by atoms with van der Waals surface area (Å²) in [5.74, 6) is 0.567. The van der Waals surface area contributed by atoms with Gasteiger partial charge in [0, 0.05) is 6.07 Å². The Balaban J connectivity index is 1.76. The van der Waals surface area contributed by atoms with E-state index in [4.69, 9.17) is 9.02 Å². The number of nitrogens with zero attached hydrogens (tertiary/aromatic N) is 2. The Labute approximate surface area is 178 Å². The Bertz CT molecular complexity index is 1330. The maximum atomic E-state index is 12.5. The van der Waals surface area contributed by atoms with Gasteiger partial charge in [0.15, 0.2) is 11.5 Å². The number of rotatable bonds is 5. The summed E-state index contributed by atoms with van der Waals surface area (Å²) in [6.07, 6.45) is 1.43. The van der Waals surface area contributed by atoms with Gasteiger partial charge in [-0.1, -0.05) is 47.1 Å². The number of para-hydroxylation sites is 2. The van der Waals surface area contributed by atoms with Crippen molar-refractivity contribution < 1.29 is 22.4 Å². The highest BCUT2D eigenvalue weighted by molar-refractivity contribution is 7.86. The number of allylic oxidation sites excluding steroid dienone is 1. The van der Waals surface area contributed by atoms with E-state index in [1.165, 1.54) is 24.3 Å². The largest absolute Gasteiger partial charge is 0.454 e. The molecular weight excluding hydrogens is 420 g/mol. The fourth-order valence-corrected chi connectivity index (χ4v) is 3.72. The predicted octanol–water partition coefficient (Wildman–Crippen LogP) is 4.45. The maximum absolute atomic E-state index is 12.5. The molecule has 0 spiro atoms. The zero-order chi connectivity index (χ0) is 22.0. The van der Waals surface area contributed by atoms with Crippen molar-refractivity contribution in [2.75, 3.05) is 0 Å². The third-order valence-corrected chi connectivity index (χ3v) is 5.67. The van der Waals surface area contributed by atoms with Crippen molar-refractivity contribution in [3.05, 3.63) is 105 Å². The third kappa shape index (κ3) is 4.17. The molecule has 1 aliphatic heterocycles. The van der Waals surface area contributed by atoms with Crippen molar-refractivity contribution in [1.29, 1.82) is 0 Å². The van der Waals surface area contributed by atoms with E-state index < -0.39 is 15.0 Å². The summed E-state index contributed by atoms with van der Waals surface area (Å²) in [7, 11) is -4.16. The quantitative estimate of drug-likeness (QED) is 0.432. The molecule has 0 atom stereocenters. The highest BCUT2D eigenvalue weighted by Gasteiger charge is 2.28. The zero-order valence-electron chi connectivity index (χ0n) is 16.3. The minimum Gasteiger partial charge on any atom is -0.454 e. The van der Waals surface area contributed by atoms with Crippen molar-refractivity contribution in [3.63, 3.8) is 0 Å². The second-order valence-corrected chi connectivity index (χ2v) is 8.23. The van der Waals surface area contributed by atoms with E-state index in [9.17, 15) is 18.5 Å². The number of nitro groups is 1.